The summed E-state index contributed by atoms with van der Waals surface area (Å²) in [7, 11) is 1.81. The zero-order chi connectivity index (χ0) is 11.4. The van der Waals surface area contributed by atoms with Gasteiger partial charge in [-0.25, -0.2) is 0 Å². The third-order valence-corrected chi connectivity index (χ3v) is 2.97. The van der Waals surface area contributed by atoms with Crippen LogP contribution in [0, 0.1) is 0 Å². The van der Waals surface area contributed by atoms with Crippen LogP contribution in [0.15, 0.2) is 12.3 Å². The number of aryl methyl sites for hydroxylation is 1. The van der Waals surface area contributed by atoms with E-state index in [4.69, 9.17) is 0 Å². The van der Waals surface area contributed by atoms with E-state index in [0.29, 0.717) is 12.5 Å². The van der Waals surface area contributed by atoms with Gasteiger partial charge in [0.15, 0.2) is 0 Å². The molecule has 5 nitrogen and oxygen atoms in total. The van der Waals surface area contributed by atoms with Crippen molar-refractivity contribution < 1.29 is 4.79 Å². The Morgan fingerprint density at radius 2 is 2.62 bits per heavy atom. The first-order valence-electron chi connectivity index (χ1n) is 5.77. The molecule has 1 atom stereocenters. The molecule has 16 heavy (non-hydrogen) atoms. The van der Waals surface area contributed by atoms with E-state index in [9.17, 15) is 4.79 Å². The highest BCUT2D eigenvalue weighted by Crippen LogP contribution is 2.11. The fourth-order valence-corrected chi connectivity index (χ4v) is 2.01. The second-order valence-electron chi connectivity index (χ2n) is 4.22. The number of anilines is 1. The Bertz CT molecular complexity index is 355. The van der Waals surface area contributed by atoms with E-state index in [1.54, 1.807) is 16.9 Å². The van der Waals surface area contributed by atoms with E-state index < -0.39 is 0 Å². The van der Waals surface area contributed by atoms with Gasteiger partial charge in [0.2, 0.25) is 5.91 Å². The molecule has 1 fully saturated rings. The van der Waals surface area contributed by atoms with E-state index in [0.717, 1.165) is 18.8 Å². The molecule has 2 heterocycles. The zero-order valence-corrected chi connectivity index (χ0v) is 9.57. The minimum Gasteiger partial charge on any atom is -0.314 e. The quantitative estimate of drug-likeness (QED) is 0.795. The van der Waals surface area contributed by atoms with Crippen molar-refractivity contribution in [3.63, 3.8) is 0 Å². The lowest BCUT2D eigenvalue weighted by Crippen LogP contribution is -2.24. The van der Waals surface area contributed by atoms with Crippen LogP contribution in [0.1, 0.15) is 25.7 Å². The average molecular weight is 222 g/mol. The third kappa shape index (κ3) is 2.82. The van der Waals surface area contributed by atoms with Gasteiger partial charge in [-0.3, -0.25) is 9.48 Å². The summed E-state index contributed by atoms with van der Waals surface area (Å²) in [5.74, 6) is 0.821. The molecule has 2 rings (SSSR count). The second kappa shape index (κ2) is 5.12. The summed E-state index contributed by atoms with van der Waals surface area (Å²) in [6.45, 7) is 1.09. The summed E-state index contributed by atoms with van der Waals surface area (Å²) < 4.78 is 1.66. The molecule has 2 N–H and O–H groups in total. The molecular weight excluding hydrogens is 204 g/mol. The molecule has 1 saturated heterocycles. The maximum absolute atomic E-state index is 11.6. The lowest BCUT2D eigenvalue weighted by Gasteiger charge is -2.09. The topological polar surface area (TPSA) is 59.0 Å². The fourth-order valence-electron chi connectivity index (χ4n) is 2.01. The number of carbonyl (C=O) groups excluding carboxylic acids is 1. The summed E-state index contributed by atoms with van der Waals surface area (Å²) in [4.78, 5) is 11.6. The molecule has 88 valence electrons. The Kier molecular flexibility index (Phi) is 3.56. The minimum atomic E-state index is 0.0669. The monoisotopic (exact) mass is 222 g/mol. The van der Waals surface area contributed by atoms with Crippen molar-refractivity contribution in [2.24, 2.45) is 7.05 Å². The molecule has 5 heteroatoms. The maximum atomic E-state index is 11.6. The van der Waals surface area contributed by atoms with Crippen molar-refractivity contribution in [2.45, 2.75) is 31.7 Å². The predicted molar refractivity (Wildman–Crippen MR) is 62.1 cm³/mol. The summed E-state index contributed by atoms with van der Waals surface area (Å²) >= 11 is 0. The van der Waals surface area contributed by atoms with E-state index in [2.05, 4.69) is 15.7 Å². The van der Waals surface area contributed by atoms with Crippen LogP contribution >= 0.6 is 0 Å². The largest absolute Gasteiger partial charge is 0.314 e. The lowest BCUT2D eigenvalue weighted by atomic mass is 10.1. The molecule has 0 bridgehead atoms. The minimum absolute atomic E-state index is 0.0669. The molecular formula is C11H18N4O. The molecule has 1 aliphatic rings. The Morgan fingerprint density at radius 3 is 3.25 bits per heavy atom. The van der Waals surface area contributed by atoms with Crippen LogP contribution in [0.25, 0.3) is 0 Å². The van der Waals surface area contributed by atoms with Gasteiger partial charge in [0.25, 0.3) is 0 Å². The number of aromatic nitrogens is 2. The van der Waals surface area contributed by atoms with Gasteiger partial charge < -0.3 is 10.6 Å². The van der Waals surface area contributed by atoms with Gasteiger partial charge in [-0.1, -0.05) is 0 Å². The van der Waals surface area contributed by atoms with Crippen LogP contribution in [-0.2, 0) is 11.8 Å². The molecule has 0 aromatic carbocycles. The molecule has 1 unspecified atom stereocenters. The Morgan fingerprint density at radius 1 is 1.75 bits per heavy atom. The van der Waals surface area contributed by atoms with Gasteiger partial charge in [0.1, 0.15) is 5.82 Å². The van der Waals surface area contributed by atoms with E-state index >= 15 is 0 Å². The van der Waals surface area contributed by atoms with Gasteiger partial charge in [0, 0.05) is 25.6 Å². The smallest absolute Gasteiger partial charge is 0.225 e. The Balaban J connectivity index is 1.74. The number of amides is 1. The highest BCUT2D eigenvalue weighted by Gasteiger charge is 2.15. The Labute approximate surface area is 95.2 Å². The van der Waals surface area contributed by atoms with Gasteiger partial charge in [-0.2, -0.15) is 5.10 Å². The van der Waals surface area contributed by atoms with Gasteiger partial charge in [-0.05, 0) is 25.8 Å². The number of hydrogen-bond acceptors (Lipinski definition) is 3. The van der Waals surface area contributed by atoms with Crippen molar-refractivity contribution in [1.82, 2.24) is 15.1 Å². The summed E-state index contributed by atoms with van der Waals surface area (Å²) in [5.41, 5.74) is 0. The van der Waals surface area contributed by atoms with Crippen LogP contribution < -0.4 is 10.6 Å². The molecule has 0 saturated carbocycles. The van der Waals surface area contributed by atoms with Crippen molar-refractivity contribution >= 4 is 11.7 Å². The van der Waals surface area contributed by atoms with Crippen LogP contribution in [0.2, 0.25) is 0 Å². The molecule has 1 aromatic heterocycles. The highest BCUT2D eigenvalue weighted by atomic mass is 16.1. The van der Waals surface area contributed by atoms with Gasteiger partial charge >= 0.3 is 0 Å². The van der Waals surface area contributed by atoms with Crippen LogP contribution in [0.5, 0.6) is 0 Å². The van der Waals surface area contributed by atoms with Crippen LogP contribution in [0.4, 0.5) is 5.82 Å². The molecule has 0 radical (unpaired) electrons. The first-order chi connectivity index (χ1) is 7.75. The molecule has 1 aliphatic heterocycles. The number of carbonyl (C=O) groups is 1. The van der Waals surface area contributed by atoms with Gasteiger partial charge in [-0.15, -0.1) is 0 Å². The lowest BCUT2D eigenvalue weighted by molar-refractivity contribution is -0.116. The van der Waals surface area contributed by atoms with Gasteiger partial charge in [0.05, 0.1) is 6.20 Å². The van der Waals surface area contributed by atoms with E-state index in [1.807, 2.05) is 7.05 Å². The molecule has 0 aliphatic carbocycles. The molecule has 1 aromatic rings. The predicted octanol–water partition coefficient (Wildman–Crippen LogP) is 0.891. The first-order valence-corrected chi connectivity index (χ1v) is 5.77. The summed E-state index contributed by atoms with van der Waals surface area (Å²) in [5, 5.41) is 10.2. The third-order valence-electron chi connectivity index (χ3n) is 2.97. The Hall–Kier alpha value is -1.36. The molecule has 0 spiro atoms. The first kappa shape index (κ1) is 11.1. The van der Waals surface area contributed by atoms with Crippen LogP contribution in [0.3, 0.4) is 0 Å². The van der Waals surface area contributed by atoms with Crippen LogP contribution in [-0.4, -0.2) is 28.3 Å². The normalized spacial score (nSPS) is 19.9. The SMILES string of the molecule is Cn1nccc1NC(=O)CCC1CCCN1. The highest BCUT2D eigenvalue weighted by molar-refractivity contribution is 5.89. The summed E-state index contributed by atoms with van der Waals surface area (Å²) in [6.07, 6.45) is 5.59. The molecule has 1 amide bonds. The number of hydrogen-bond donors (Lipinski definition) is 2. The number of nitrogens with zero attached hydrogens (tertiary/aromatic N) is 2. The summed E-state index contributed by atoms with van der Waals surface area (Å²) in [6, 6.07) is 2.32. The van der Waals surface area contributed by atoms with Crippen molar-refractivity contribution in [3.8, 4) is 0 Å². The van der Waals surface area contributed by atoms with Crippen molar-refractivity contribution in [2.75, 3.05) is 11.9 Å². The zero-order valence-electron chi connectivity index (χ0n) is 9.57. The van der Waals surface area contributed by atoms with Crippen molar-refractivity contribution in [1.29, 1.82) is 0 Å². The van der Waals surface area contributed by atoms with E-state index in [1.165, 1.54) is 12.8 Å². The van der Waals surface area contributed by atoms with Crippen molar-refractivity contribution in [3.05, 3.63) is 12.3 Å². The fraction of sp³-hybridized carbons (Fsp3) is 0.636. The number of nitrogens with one attached hydrogen (secondary N) is 2. The average Bonchev–Trinajstić information content (AvgIpc) is 2.88. The van der Waals surface area contributed by atoms with E-state index in [-0.39, 0.29) is 5.91 Å². The standard InChI is InChI=1S/C11H18N4O/c1-15-10(6-8-13-15)14-11(16)5-4-9-3-2-7-12-9/h6,8-9,12H,2-5,7H2,1H3,(H,14,16). The maximum Gasteiger partial charge on any atom is 0.225 e. The second-order valence-corrected chi connectivity index (χ2v) is 4.22. The number of rotatable bonds is 4.